The van der Waals surface area contributed by atoms with Crippen molar-refractivity contribution in [2.75, 3.05) is 6.54 Å². The molecule has 5 nitrogen and oxygen atoms in total. The fraction of sp³-hybridized carbons (Fsp3) is 0.438. The van der Waals surface area contributed by atoms with Gasteiger partial charge >= 0.3 is 0 Å². The van der Waals surface area contributed by atoms with E-state index < -0.39 is 10.0 Å². The molecule has 3 rings (SSSR count). The van der Waals surface area contributed by atoms with Crippen molar-refractivity contribution in [2.24, 2.45) is 11.7 Å². The average Bonchev–Trinajstić information content (AvgIpc) is 2.54. The summed E-state index contributed by atoms with van der Waals surface area (Å²) in [6.07, 6.45) is 5.67. The molecule has 1 fully saturated rings. The molecule has 6 heteroatoms. The smallest absolute Gasteiger partial charge is 0.241 e. The third kappa shape index (κ3) is 2.99. The summed E-state index contributed by atoms with van der Waals surface area (Å²) < 4.78 is 28.5. The van der Waals surface area contributed by atoms with Gasteiger partial charge in [0.25, 0.3) is 0 Å². The Hall–Kier alpha value is -1.50. The fourth-order valence-corrected chi connectivity index (χ4v) is 4.77. The Kier molecular flexibility index (Phi) is 4.42. The maximum absolute atomic E-state index is 12.8. The zero-order valence-corrected chi connectivity index (χ0v) is 13.2. The van der Waals surface area contributed by atoms with Crippen molar-refractivity contribution >= 4 is 20.9 Å². The van der Waals surface area contributed by atoms with Gasteiger partial charge in [0.1, 0.15) is 0 Å². The summed E-state index contributed by atoms with van der Waals surface area (Å²) >= 11 is 0. The molecule has 0 radical (unpaired) electrons. The Morgan fingerprint density at radius 3 is 2.82 bits per heavy atom. The van der Waals surface area contributed by atoms with Gasteiger partial charge in [0.15, 0.2) is 0 Å². The Bertz CT molecular complexity index is 756. The first-order chi connectivity index (χ1) is 10.6. The molecule has 0 amide bonds. The molecule has 1 heterocycles. The highest BCUT2D eigenvalue weighted by molar-refractivity contribution is 7.89. The van der Waals surface area contributed by atoms with Gasteiger partial charge in [-0.05, 0) is 49.6 Å². The summed E-state index contributed by atoms with van der Waals surface area (Å²) in [6, 6.07) is 8.65. The van der Waals surface area contributed by atoms with Gasteiger partial charge in [-0.2, -0.15) is 0 Å². The van der Waals surface area contributed by atoms with Crippen LogP contribution in [0.15, 0.2) is 41.4 Å². The summed E-state index contributed by atoms with van der Waals surface area (Å²) in [5.74, 6) is 0.219. The molecule has 0 bridgehead atoms. The highest BCUT2D eigenvalue weighted by atomic mass is 32.2. The van der Waals surface area contributed by atoms with Crippen molar-refractivity contribution in [1.82, 2.24) is 9.71 Å². The molecule has 0 saturated heterocycles. The molecule has 0 unspecified atom stereocenters. The van der Waals surface area contributed by atoms with Gasteiger partial charge in [-0.3, -0.25) is 4.98 Å². The van der Waals surface area contributed by atoms with Crippen LogP contribution in [0.5, 0.6) is 0 Å². The Labute approximate surface area is 131 Å². The van der Waals surface area contributed by atoms with Gasteiger partial charge in [-0.15, -0.1) is 0 Å². The van der Waals surface area contributed by atoms with Crippen molar-refractivity contribution in [2.45, 2.75) is 36.6 Å². The van der Waals surface area contributed by atoms with E-state index in [2.05, 4.69) is 9.71 Å². The summed E-state index contributed by atoms with van der Waals surface area (Å²) in [7, 11) is -3.58. The molecule has 1 aromatic heterocycles. The van der Waals surface area contributed by atoms with Crippen LogP contribution in [0.4, 0.5) is 0 Å². The van der Waals surface area contributed by atoms with Crippen LogP contribution in [-0.4, -0.2) is 26.0 Å². The van der Waals surface area contributed by atoms with E-state index in [1.807, 2.05) is 6.07 Å². The van der Waals surface area contributed by atoms with Crippen LogP contribution in [0.3, 0.4) is 0 Å². The van der Waals surface area contributed by atoms with Crippen LogP contribution in [0, 0.1) is 5.92 Å². The Balaban J connectivity index is 1.95. The number of nitrogens with zero attached hydrogens (tertiary/aromatic N) is 1. The lowest BCUT2D eigenvalue weighted by Crippen LogP contribution is -2.44. The van der Waals surface area contributed by atoms with E-state index in [1.54, 1.807) is 30.5 Å². The van der Waals surface area contributed by atoms with E-state index in [4.69, 9.17) is 5.73 Å². The number of aromatic nitrogens is 1. The Morgan fingerprint density at radius 2 is 2.00 bits per heavy atom. The molecule has 1 aliphatic carbocycles. The van der Waals surface area contributed by atoms with Crippen molar-refractivity contribution in [3.8, 4) is 0 Å². The van der Waals surface area contributed by atoms with Crippen molar-refractivity contribution in [1.29, 1.82) is 0 Å². The number of pyridine rings is 1. The molecule has 118 valence electrons. The average molecular weight is 319 g/mol. The van der Waals surface area contributed by atoms with Gasteiger partial charge in [-0.1, -0.05) is 18.9 Å². The second kappa shape index (κ2) is 6.32. The third-order valence-corrected chi connectivity index (χ3v) is 5.96. The minimum atomic E-state index is -3.58. The normalized spacial score (nSPS) is 22.8. The number of benzene rings is 1. The first-order valence-electron chi connectivity index (χ1n) is 7.68. The van der Waals surface area contributed by atoms with E-state index in [9.17, 15) is 8.42 Å². The SMILES string of the molecule is NC[C@@H]1CCCC[C@@H]1NS(=O)(=O)c1cccc2ncccc12. The van der Waals surface area contributed by atoms with Crippen LogP contribution >= 0.6 is 0 Å². The zero-order valence-electron chi connectivity index (χ0n) is 12.4. The fourth-order valence-electron chi connectivity index (χ4n) is 3.22. The first-order valence-corrected chi connectivity index (χ1v) is 9.16. The predicted molar refractivity (Wildman–Crippen MR) is 86.9 cm³/mol. The second-order valence-electron chi connectivity index (χ2n) is 5.83. The highest BCUT2D eigenvalue weighted by Crippen LogP contribution is 2.27. The number of rotatable bonds is 4. The predicted octanol–water partition coefficient (Wildman–Crippen LogP) is 2.03. The van der Waals surface area contributed by atoms with E-state index in [1.165, 1.54) is 0 Å². The molecule has 3 N–H and O–H groups in total. The molecule has 22 heavy (non-hydrogen) atoms. The van der Waals surface area contributed by atoms with Crippen LogP contribution in [0.2, 0.25) is 0 Å². The Morgan fingerprint density at radius 1 is 1.18 bits per heavy atom. The molecule has 0 aliphatic heterocycles. The summed E-state index contributed by atoms with van der Waals surface area (Å²) in [6.45, 7) is 0.518. The van der Waals surface area contributed by atoms with Crippen molar-refractivity contribution < 1.29 is 8.42 Å². The van der Waals surface area contributed by atoms with Crippen LogP contribution < -0.4 is 10.5 Å². The van der Waals surface area contributed by atoms with Crippen molar-refractivity contribution in [3.63, 3.8) is 0 Å². The minimum Gasteiger partial charge on any atom is -0.330 e. The van der Waals surface area contributed by atoms with Crippen LogP contribution in [0.25, 0.3) is 10.9 Å². The number of nitrogens with one attached hydrogen (secondary N) is 1. The largest absolute Gasteiger partial charge is 0.330 e. The lowest BCUT2D eigenvalue weighted by molar-refractivity contribution is 0.296. The van der Waals surface area contributed by atoms with Crippen molar-refractivity contribution in [3.05, 3.63) is 36.5 Å². The summed E-state index contributed by atoms with van der Waals surface area (Å²) in [5, 5.41) is 0.651. The first kappa shape index (κ1) is 15.4. The lowest BCUT2D eigenvalue weighted by atomic mass is 9.85. The maximum atomic E-state index is 12.8. The van der Waals surface area contributed by atoms with Gasteiger partial charge in [-0.25, -0.2) is 13.1 Å². The molecule has 1 aliphatic rings. The van der Waals surface area contributed by atoms with Crippen LogP contribution in [-0.2, 0) is 10.0 Å². The highest BCUT2D eigenvalue weighted by Gasteiger charge is 2.29. The number of hydrogen-bond acceptors (Lipinski definition) is 4. The van der Waals surface area contributed by atoms with Gasteiger partial charge < -0.3 is 5.73 Å². The number of sulfonamides is 1. The van der Waals surface area contributed by atoms with E-state index in [-0.39, 0.29) is 12.0 Å². The van der Waals surface area contributed by atoms with E-state index >= 15 is 0 Å². The van der Waals surface area contributed by atoms with E-state index in [0.717, 1.165) is 25.7 Å². The molecule has 2 aromatic rings. The number of nitrogens with two attached hydrogens (primary N) is 1. The molecule has 2 atom stereocenters. The third-order valence-electron chi connectivity index (χ3n) is 4.41. The maximum Gasteiger partial charge on any atom is 0.241 e. The lowest BCUT2D eigenvalue weighted by Gasteiger charge is -2.31. The second-order valence-corrected chi connectivity index (χ2v) is 7.52. The topological polar surface area (TPSA) is 85.1 Å². The summed E-state index contributed by atoms with van der Waals surface area (Å²) in [5.41, 5.74) is 6.48. The van der Waals surface area contributed by atoms with Gasteiger partial charge in [0.2, 0.25) is 10.0 Å². The monoisotopic (exact) mass is 319 g/mol. The minimum absolute atomic E-state index is 0.0734. The molecule has 1 aromatic carbocycles. The van der Waals surface area contributed by atoms with Crippen LogP contribution in [0.1, 0.15) is 25.7 Å². The van der Waals surface area contributed by atoms with E-state index in [0.29, 0.717) is 22.3 Å². The molecule has 1 saturated carbocycles. The van der Waals surface area contributed by atoms with Gasteiger partial charge in [0, 0.05) is 17.6 Å². The number of hydrogen-bond donors (Lipinski definition) is 2. The quantitative estimate of drug-likeness (QED) is 0.903. The standard InChI is InChI=1S/C16H21N3O2S/c17-11-12-5-1-2-7-14(12)19-22(20,21)16-9-3-8-15-13(16)6-4-10-18-15/h3-4,6,8-10,12,14,19H,1-2,5,7,11,17H2/t12-,14-/m0/s1. The summed E-state index contributed by atoms with van der Waals surface area (Å²) in [4.78, 5) is 4.51. The van der Waals surface area contributed by atoms with Gasteiger partial charge in [0.05, 0.1) is 10.4 Å². The molecular formula is C16H21N3O2S. The zero-order chi connectivity index (χ0) is 15.6. The molecular weight excluding hydrogens is 298 g/mol. The molecule has 0 spiro atoms. The number of fused-ring (bicyclic) bond motifs is 1.